The molecule has 5 nitrogen and oxygen atoms in total. The largest absolute Gasteiger partial charge is 0.375 e. The smallest absolute Gasteiger partial charge is 0.263 e. The molecule has 1 atom stereocenters. The summed E-state index contributed by atoms with van der Waals surface area (Å²) in [6.45, 7) is 0.417. The molecule has 3 aromatic carbocycles. The van der Waals surface area contributed by atoms with E-state index in [0.29, 0.717) is 12.1 Å². The van der Waals surface area contributed by atoms with Gasteiger partial charge in [0.2, 0.25) is 0 Å². The number of rotatable bonds is 5. The number of nitrogens with one attached hydrogen (secondary N) is 1. The quantitative estimate of drug-likeness (QED) is 0.512. The number of amides is 2. The lowest BCUT2D eigenvalue weighted by atomic mass is 9.96. The van der Waals surface area contributed by atoms with E-state index in [-0.39, 0.29) is 33.9 Å². The predicted octanol–water partition coefficient (Wildman–Crippen LogP) is 4.58. The molecular formula is C24H17ClF4N2O3. The van der Waals surface area contributed by atoms with Crippen LogP contribution in [-0.2, 0) is 23.5 Å². The van der Waals surface area contributed by atoms with Gasteiger partial charge in [0.25, 0.3) is 11.8 Å². The zero-order chi connectivity index (χ0) is 24.8. The van der Waals surface area contributed by atoms with Crippen molar-refractivity contribution in [2.24, 2.45) is 0 Å². The van der Waals surface area contributed by atoms with Crippen LogP contribution in [0.5, 0.6) is 0 Å². The monoisotopic (exact) mass is 492 g/mol. The number of hydrogen-bond acceptors (Lipinski definition) is 3. The third-order valence-corrected chi connectivity index (χ3v) is 6.00. The molecule has 0 saturated carbocycles. The Morgan fingerprint density at radius 2 is 1.71 bits per heavy atom. The van der Waals surface area contributed by atoms with Crippen LogP contribution in [0.15, 0.2) is 48.5 Å². The highest BCUT2D eigenvalue weighted by Crippen LogP contribution is 2.42. The maximum Gasteiger partial charge on any atom is 0.263 e. The van der Waals surface area contributed by atoms with Crippen LogP contribution in [0.25, 0.3) is 0 Å². The van der Waals surface area contributed by atoms with Crippen molar-refractivity contribution in [3.05, 3.63) is 99.1 Å². The second kappa shape index (κ2) is 8.73. The zero-order valence-electron chi connectivity index (χ0n) is 17.6. The van der Waals surface area contributed by atoms with Crippen LogP contribution in [0.2, 0.25) is 5.02 Å². The van der Waals surface area contributed by atoms with Gasteiger partial charge < -0.3 is 15.3 Å². The number of carbonyl (C=O) groups excluding carboxylic acids is 2. The minimum atomic E-state index is -1.93. The third-order valence-electron chi connectivity index (χ3n) is 5.65. The van der Waals surface area contributed by atoms with E-state index < -0.39 is 52.8 Å². The van der Waals surface area contributed by atoms with E-state index in [2.05, 4.69) is 5.32 Å². The Labute approximate surface area is 196 Å². The first kappa shape index (κ1) is 23.7. The SMILES string of the molecule is CC1(O)C(=O)N(Cc2c(F)cccc2Cl)c2cc(C(=O)NCc3c(F)cc(F)cc3F)ccc21. The second-order valence-corrected chi connectivity index (χ2v) is 8.33. The molecule has 0 aliphatic carbocycles. The topological polar surface area (TPSA) is 69.6 Å². The van der Waals surface area contributed by atoms with Crippen molar-refractivity contribution in [1.82, 2.24) is 5.32 Å². The maximum atomic E-state index is 14.3. The summed E-state index contributed by atoms with van der Waals surface area (Å²) in [7, 11) is 0. The normalized spacial score (nSPS) is 17.1. The van der Waals surface area contributed by atoms with Gasteiger partial charge in [-0.15, -0.1) is 0 Å². The summed E-state index contributed by atoms with van der Waals surface area (Å²) in [5.41, 5.74) is -2.07. The molecule has 4 rings (SSSR count). The van der Waals surface area contributed by atoms with Crippen LogP contribution >= 0.6 is 11.6 Å². The molecular weight excluding hydrogens is 476 g/mol. The molecule has 2 amide bonds. The summed E-state index contributed by atoms with van der Waals surface area (Å²) in [6, 6.07) is 9.04. The molecule has 1 unspecified atom stereocenters. The molecule has 0 spiro atoms. The Morgan fingerprint density at radius 3 is 2.35 bits per heavy atom. The lowest BCUT2D eigenvalue weighted by Crippen LogP contribution is -2.37. The number of carbonyl (C=O) groups is 2. The van der Waals surface area contributed by atoms with Crippen LogP contribution in [0.3, 0.4) is 0 Å². The minimum Gasteiger partial charge on any atom is -0.375 e. The number of aliphatic hydroxyl groups is 1. The van der Waals surface area contributed by atoms with Crippen molar-refractivity contribution in [3.8, 4) is 0 Å². The molecule has 0 bridgehead atoms. The predicted molar refractivity (Wildman–Crippen MR) is 116 cm³/mol. The second-order valence-electron chi connectivity index (χ2n) is 7.93. The van der Waals surface area contributed by atoms with Crippen LogP contribution in [0.4, 0.5) is 23.2 Å². The number of hydrogen-bond donors (Lipinski definition) is 2. The number of fused-ring (bicyclic) bond motifs is 1. The fourth-order valence-electron chi connectivity index (χ4n) is 3.81. The first-order valence-electron chi connectivity index (χ1n) is 10.0. The summed E-state index contributed by atoms with van der Waals surface area (Å²) in [5, 5.41) is 13.2. The molecule has 0 radical (unpaired) electrons. The van der Waals surface area contributed by atoms with E-state index in [9.17, 15) is 32.3 Å². The molecule has 1 heterocycles. The molecule has 1 aliphatic heterocycles. The lowest BCUT2D eigenvalue weighted by molar-refractivity contribution is -0.134. The van der Waals surface area contributed by atoms with Gasteiger partial charge in [-0.2, -0.15) is 0 Å². The van der Waals surface area contributed by atoms with E-state index in [1.807, 2.05) is 0 Å². The van der Waals surface area contributed by atoms with Crippen LogP contribution < -0.4 is 10.2 Å². The summed E-state index contributed by atoms with van der Waals surface area (Å²) in [6.07, 6.45) is 0. The minimum absolute atomic E-state index is 0.0109. The van der Waals surface area contributed by atoms with Gasteiger partial charge in [-0.1, -0.05) is 23.7 Å². The van der Waals surface area contributed by atoms with Gasteiger partial charge in [-0.25, -0.2) is 17.6 Å². The molecule has 1 aliphatic rings. The van der Waals surface area contributed by atoms with Crippen molar-refractivity contribution >= 4 is 29.1 Å². The maximum absolute atomic E-state index is 14.3. The van der Waals surface area contributed by atoms with Crippen molar-refractivity contribution in [2.75, 3.05) is 4.90 Å². The van der Waals surface area contributed by atoms with Gasteiger partial charge in [-0.05, 0) is 31.2 Å². The number of halogens is 5. The summed E-state index contributed by atoms with van der Waals surface area (Å²) >= 11 is 6.08. The van der Waals surface area contributed by atoms with Crippen molar-refractivity contribution < 1.29 is 32.3 Å². The molecule has 0 saturated heterocycles. The summed E-state index contributed by atoms with van der Waals surface area (Å²) < 4.78 is 55.1. The molecule has 176 valence electrons. The highest BCUT2D eigenvalue weighted by atomic mass is 35.5. The zero-order valence-corrected chi connectivity index (χ0v) is 18.4. The molecule has 2 N–H and O–H groups in total. The average Bonchev–Trinajstić information content (AvgIpc) is 2.95. The fraction of sp³-hybridized carbons (Fsp3) is 0.167. The molecule has 0 aromatic heterocycles. The summed E-state index contributed by atoms with van der Waals surface area (Å²) in [4.78, 5) is 26.7. The number of benzene rings is 3. The van der Waals surface area contributed by atoms with Gasteiger partial charge in [0.1, 0.15) is 23.3 Å². The third kappa shape index (κ3) is 4.12. The fourth-order valence-corrected chi connectivity index (χ4v) is 4.03. The van der Waals surface area contributed by atoms with Gasteiger partial charge in [0.15, 0.2) is 5.60 Å². The van der Waals surface area contributed by atoms with Crippen LogP contribution in [-0.4, -0.2) is 16.9 Å². The van der Waals surface area contributed by atoms with E-state index in [0.717, 1.165) is 4.90 Å². The van der Waals surface area contributed by atoms with Crippen molar-refractivity contribution in [3.63, 3.8) is 0 Å². The van der Waals surface area contributed by atoms with E-state index >= 15 is 0 Å². The molecule has 10 heteroatoms. The highest BCUT2D eigenvalue weighted by molar-refractivity contribution is 6.31. The summed E-state index contributed by atoms with van der Waals surface area (Å²) in [5.74, 6) is -5.52. The van der Waals surface area contributed by atoms with E-state index in [1.54, 1.807) is 0 Å². The lowest BCUT2D eigenvalue weighted by Gasteiger charge is -2.20. The van der Waals surface area contributed by atoms with E-state index in [1.165, 1.54) is 43.3 Å². The molecule has 34 heavy (non-hydrogen) atoms. The Balaban J connectivity index is 1.63. The van der Waals surface area contributed by atoms with Gasteiger partial charge in [0.05, 0.1) is 12.2 Å². The Morgan fingerprint density at radius 1 is 1.03 bits per heavy atom. The standard InChI is InChI=1S/C24H17ClF4N2O3/c1-24(34)16-6-5-12(22(32)30-10-14-19(28)8-13(26)9-20(14)29)7-21(16)31(23(24)33)11-15-17(25)3-2-4-18(15)27/h2-9,34H,10-11H2,1H3,(H,30,32). The van der Waals surface area contributed by atoms with Crippen molar-refractivity contribution in [1.29, 1.82) is 0 Å². The number of anilines is 1. The Hall–Kier alpha value is -3.43. The Kier molecular flexibility index (Phi) is 6.09. The van der Waals surface area contributed by atoms with Crippen molar-refractivity contribution in [2.45, 2.75) is 25.6 Å². The number of nitrogens with zero attached hydrogens (tertiary/aromatic N) is 1. The average molecular weight is 493 g/mol. The van der Waals surface area contributed by atoms with Gasteiger partial charge in [-0.3, -0.25) is 9.59 Å². The first-order chi connectivity index (χ1) is 16.0. The van der Waals surface area contributed by atoms with Gasteiger partial charge >= 0.3 is 0 Å². The highest BCUT2D eigenvalue weighted by Gasteiger charge is 2.46. The Bertz CT molecular complexity index is 1290. The van der Waals surface area contributed by atoms with Crippen LogP contribution in [0.1, 0.15) is 34.0 Å². The first-order valence-corrected chi connectivity index (χ1v) is 10.4. The molecule has 3 aromatic rings. The van der Waals surface area contributed by atoms with Crippen LogP contribution in [0, 0.1) is 23.3 Å². The van der Waals surface area contributed by atoms with Gasteiger partial charge in [0, 0.05) is 46.0 Å². The van der Waals surface area contributed by atoms with E-state index in [4.69, 9.17) is 11.6 Å². The molecule has 0 fully saturated rings.